The van der Waals surface area contributed by atoms with Crippen LogP contribution in [0.25, 0.3) is 0 Å². The lowest BCUT2D eigenvalue weighted by molar-refractivity contribution is 0.100. The fourth-order valence-corrected chi connectivity index (χ4v) is 2.67. The first-order chi connectivity index (χ1) is 11.1. The molecule has 7 nitrogen and oxygen atoms in total. The number of carbonyl (C=O) groups excluding carboxylic acids is 1. The number of hydrogen-bond acceptors (Lipinski definition) is 6. The minimum atomic E-state index is -0.498. The van der Waals surface area contributed by atoms with E-state index in [9.17, 15) is 9.59 Å². The summed E-state index contributed by atoms with van der Waals surface area (Å²) in [5.41, 5.74) is 6.32. The van der Waals surface area contributed by atoms with Crippen LogP contribution in [-0.4, -0.2) is 21.1 Å². The second-order valence-corrected chi connectivity index (χ2v) is 5.80. The molecule has 3 rings (SSSR count). The van der Waals surface area contributed by atoms with Gasteiger partial charge in [-0.15, -0.1) is 21.5 Å². The third kappa shape index (κ3) is 3.61. The van der Waals surface area contributed by atoms with Gasteiger partial charge in [-0.05, 0) is 35.7 Å². The van der Waals surface area contributed by atoms with Gasteiger partial charge >= 0.3 is 0 Å². The van der Waals surface area contributed by atoms with Gasteiger partial charge in [0, 0.05) is 22.5 Å². The molecule has 0 saturated carbocycles. The zero-order valence-electron chi connectivity index (χ0n) is 11.9. The number of primary amides is 1. The van der Waals surface area contributed by atoms with Crippen LogP contribution in [0.4, 0.5) is 11.6 Å². The molecule has 0 saturated heterocycles. The number of carbonyl (C=O) groups is 1. The van der Waals surface area contributed by atoms with Crippen molar-refractivity contribution < 1.29 is 4.79 Å². The van der Waals surface area contributed by atoms with Gasteiger partial charge in [-0.2, -0.15) is 0 Å². The van der Waals surface area contributed by atoms with Crippen LogP contribution >= 0.6 is 11.3 Å². The highest BCUT2D eigenvalue weighted by Gasteiger charge is 2.07. The number of aromatic nitrogens is 3. The van der Waals surface area contributed by atoms with E-state index in [-0.39, 0.29) is 11.5 Å². The Labute approximate surface area is 135 Å². The first-order valence-electron chi connectivity index (χ1n) is 6.77. The predicted molar refractivity (Wildman–Crippen MR) is 88.0 cm³/mol. The van der Waals surface area contributed by atoms with Gasteiger partial charge in [-0.1, -0.05) is 6.07 Å². The number of thiophene rings is 1. The third-order valence-electron chi connectivity index (χ3n) is 3.12. The second-order valence-electron chi connectivity index (χ2n) is 4.77. The Morgan fingerprint density at radius 3 is 2.61 bits per heavy atom. The molecule has 0 fully saturated rings. The lowest BCUT2D eigenvalue weighted by Gasteiger charge is -2.05. The summed E-state index contributed by atoms with van der Waals surface area (Å²) in [6.07, 6.45) is 0.452. The summed E-state index contributed by atoms with van der Waals surface area (Å²) in [5.74, 6) is -0.264. The molecule has 3 aromatic rings. The van der Waals surface area contributed by atoms with Gasteiger partial charge in [0.2, 0.25) is 11.9 Å². The summed E-state index contributed by atoms with van der Waals surface area (Å²) >= 11 is 1.56. The molecule has 0 atom stereocenters. The summed E-state index contributed by atoms with van der Waals surface area (Å²) in [6, 6.07) is 10.4. The Kier molecular flexibility index (Phi) is 4.15. The number of nitrogens with one attached hydrogen (secondary N) is 2. The van der Waals surface area contributed by atoms with Crippen molar-refractivity contribution in [3.63, 3.8) is 0 Å². The predicted octanol–water partition coefficient (Wildman–Crippen LogP) is 1.66. The fourth-order valence-electron chi connectivity index (χ4n) is 1.97. The van der Waals surface area contributed by atoms with Gasteiger partial charge in [0.15, 0.2) is 0 Å². The molecule has 116 valence electrons. The number of nitrogens with two attached hydrogens (primary N) is 1. The van der Waals surface area contributed by atoms with Gasteiger partial charge in [0.05, 0.1) is 0 Å². The van der Waals surface area contributed by atoms with Crippen molar-refractivity contribution in [3.05, 3.63) is 68.3 Å². The molecule has 2 heterocycles. The van der Waals surface area contributed by atoms with Crippen molar-refractivity contribution in [2.75, 3.05) is 5.32 Å². The maximum Gasteiger partial charge on any atom is 0.274 e. The average Bonchev–Trinajstić information content (AvgIpc) is 3.04. The molecule has 0 spiro atoms. The Hall–Kier alpha value is -3.00. The van der Waals surface area contributed by atoms with E-state index in [4.69, 9.17) is 5.73 Å². The molecule has 0 bridgehead atoms. The number of rotatable bonds is 5. The third-order valence-corrected chi connectivity index (χ3v) is 4.00. The van der Waals surface area contributed by atoms with Crippen LogP contribution < -0.4 is 16.6 Å². The highest BCUT2D eigenvalue weighted by molar-refractivity contribution is 7.09. The number of anilines is 2. The molecule has 2 aromatic heterocycles. The molecule has 4 N–H and O–H groups in total. The summed E-state index contributed by atoms with van der Waals surface area (Å²) in [7, 11) is 0. The van der Waals surface area contributed by atoms with Crippen LogP contribution in [-0.2, 0) is 6.42 Å². The van der Waals surface area contributed by atoms with E-state index in [0.29, 0.717) is 23.4 Å². The Balaban J connectivity index is 1.75. The Morgan fingerprint density at radius 1 is 1.22 bits per heavy atom. The van der Waals surface area contributed by atoms with Gasteiger partial charge < -0.3 is 11.1 Å². The van der Waals surface area contributed by atoms with Crippen molar-refractivity contribution in [1.29, 1.82) is 0 Å². The molecule has 1 aromatic carbocycles. The topological polar surface area (TPSA) is 114 Å². The summed E-state index contributed by atoms with van der Waals surface area (Å²) in [4.78, 5) is 26.8. The van der Waals surface area contributed by atoms with Crippen molar-refractivity contribution >= 4 is 28.9 Å². The van der Waals surface area contributed by atoms with Crippen LogP contribution in [0.1, 0.15) is 20.9 Å². The molecule has 0 unspecified atom stereocenters. The van der Waals surface area contributed by atoms with Crippen molar-refractivity contribution in [2.45, 2.75) is 6.42 Å². The molecule has 0 radical (unpaired) electrons. The largest absolute Gasteiger partial charge is 0.366 e. The van der Waals surface area contributed by atoms with Crippen LogP contribution in [0.5, 0.6) is 0 Å². The quantitative estimate of drug-likeness (QED) is 0.659. The maximum absolute atomic E-state index is 12.0. The van der Waals surface area contributed by atoms with Crippen LogP contribution in [0.2, 0.25) is 0 Å². The summed E-state index contributed by atoms with van der Waals surface area (Å²) in [6.45, 7) is 0. The minimum absolute atomic E-state index is 0.233. The van der Waals surface area contributed by atoms with Gasteiger partial charge in [0.1, 0.15) is 5.69 Å². The highest BCUT2D eigenvalue weighted by Crippen LogP contribution is 2.14. The molecule has 23 heavy (non-hydrogen) atoms. The lowest BCUT2D eigenvalue weighted by Crippen LogP contribution is -2.18. The molecule has 8 heteroatoms. The molecule has 0 aliphatic heterocycles. The Bertz CT molecular complexity index is 872. The molecular formula is C15H13N5O2S. The standard InChI is InChI=1S/C15H13N5O2S/c16-13(21)9-3-5-10(6-4-9)17-15-18-14(22)12(19-20-15)8-11-2-1-7-23-11/h1-7H,8H2,(H2,16,21)(H2,17,18,20,22). The first kappa shape index (κ1) is 14.9. The number of hydrogen-bond donors (Lipinski definition) is 3. The zero-order valence-corrected chi connectivity index (χ0v) is 12.8. The van der Waals surface area contributed by atoms with Gasteiger partial charge in [-0.25, -0.2) is 0 Å². The average molecular weight is 327 g/mol. The van der Waals surface area contributed by atoms with Gasteiger partial charge in [-0.3, -0.25) is 14.6 Å². The first-order valence-corrected chi connectivity index (χ1v) is 7.65. The van der Waals surface area contributed by atoms with E-state index in [1.807, 2.05) is 17.5 Å². The fraction of sp³-hybridized carbons (Fsp3) is 0.0667. The van der Waals surface area contributed by atoms with Crippen molar-refractivity contribution in [3.8, 4) is 0 Å². The smallest absolute Gasteiger partial charge is 0.274 e. The SMILES string of the molecule is NC(=O)c1ccc(Nc2nnc(Cc3cccs3)c(=O)[nH]2)cc1. The number of amides is 1. The minimum Gasteiger partial charge on any atom is -0.366 e. The molecule has 1 amide bonds. The molecule has 0 aliphatic carbocycles. The van der Waals surface area contributed by atoms with E-state index in [2.05, 4.69) is 20.5 Å². The lowest BCUT2D eigenvalue weighted by atomic mass is 10.2. The van der Waals surface area contributed by atoms with Gasteiger partial charge in [0.25, 0.3) is 5.56 Å². The van der Waals surface area contributed by atoms with Crippen molar-refractivity contribution in [1.82, 2.24) is 15.2 Å². The van der Waals surface area contributed by atoms with Crippen LogP contribution in [0.3, 0.4) is 0 Å². The summed E-state index contributed by atoms with van der Waals surface area (Å²) in [5, 5.41) is 12.8. The van der Waals surface area contributed by atoms with E-state index >= 15 is 0 Å². The molecule has 0 aliphatic rings. The number of nitrogens with zero attached hydrogens (tertiary/aromatic N) is 2. The Morgan fingerprint density at radius 2 is 2.00 bits per heavy atom. The highest BCUT2D eigenvalue weighted by atomic mass is 32.1. The molecular weight excluding hydrogens is 314 g/mol. The van der Waals surface area contributed by atoms with E-state index in [0.717, 1.165) is 4.88 Å². The monoisotopic (exact) mass is 327 g/mol. The number of aromatic amines is 1. The summed E-state index contributed by atoms with van der Waals surface area (Å²) < 4.78 is 0. The maximum atomic E-state index is 12.0. The van der Waals surface area contributed by atoms with E-state index in [1.165, 1.54) is 0 Å². The van der Waals surface area contributed by atoms with Crippen molar-refractivity contribution in [2.24, 2.45) is 5.73 Å². The van der Waals surface area contributed by atoms with E-state index in [1.54, 1.807) is 35.6 Å². The normalized spacial score (nSPS) is 10.4. The zero-order chi connectivity index (χ0) is 16.2. The van der Waals surface area contributed by atoms with E-state index < -0.39 is 5.91 Å². The number of benzene rings is 1. The number of H-pyrrole nitrogens is 1. The van der Waals surface area contributed by atoms with Crippen LogP contribution in [0.15, 0.2) is 46.6 Å². The van der Waals surface area contributed by atoms with Crippen LogP contribution in [0, 0.1) is 0 Å². The second kappa shape index (κ2) is 6.41.